The van der Waals surface area contributed by atoms with Crippen molar-refractivity contribution in [3.8, 4) is 5.75 Å². The second-order valence-corrected chi connectivity index (χ2v) is 22.3. The van der Waals surface area contributed by atoms with E-state index < -0.39 is 113 Å². The van der Waals surface area contributed by atoms with Gasteiger partial charge in [-0.1, -0.05) is 42.3 Å². The summed E-state index contributed by atoms with van der Waals surface area (Å²) in [6.45, 7) is 7.25. The van der Waals surface area contributed by atoms with Crippen molar-refractivity contribution in [3.05, 3.63) is 46.5 Å². The van der Waals surface area contributed by atoms with Gasteiger partial charge in [-0.3, -0.25) is 29.4 Å². The third kappa shape index (κ3) is 12.5. The minimum Gasteiger partial charge on any atom is -0.495 e. The summed E-state index contributed by atoms with van der Waals surface area (Å²) in [6, 6.07) is 2.41. The lowest BCUT2D eigenvalue weighted by Crippen LogP contribution is -2.63. The maximum atomic E-state index is 14.4. The summed E-state index contributed by atoms with van der Waals surface area (Å²) >= 11 is 8.15. The van der Waals surface area contributed by atoms with Crippen molar-refractivity contribution < 1.29 is 77.4 Å². The highest BCUT2D eigenvalue weighted by atomic mass is 35.5. The minimum absolute atomic E-state index is 0.0141. The summed E-state index contributed by atoms with van der Waals surface area (Å²) in [5.41, 5.74) is -1.18. The van der Waals surface area contributed by atoms with Gasteiger partial charge in [0.15, 0.2) is 5.72 Å². The largest absolute Gasteiger partial charge is 0.495 e. The van der Waals surface area contributed by atoms with Gasteiger partial charge in [0.25, 0.3) is 11.8 Å². The maximum absolute atomic E-state index is 14.4. The molecule has 1 aliphatic carbocycles. The van der Waals surface area contributed by atoms with Crippen LogP contribution in [0.3, 0.4) is 0 Å². The van der Waals surface area contributed by atoms with Gasteiger partial charge in [0.1, 0.15) is 53.2 Å². The second kappa shape index (κ2) is 23.6. The Balaban J connectivity index is 0.984. The van der Waals surface area contributed by atoms with Crippen LogP contribution in [-0.2, 0) is 59.0 Å². The fraction of sp³-hybridized carbons (Fsp3) is 0.667. The van der Waals surface area contributed by atoms with Gasteiger partial charge in [-0.05, 0) is 76.5 Å². The number of esters is 1. The predicted molar refractivity (Wildman–Crippen MR) is 268 cm³/mol. The van der Waals surface area contributed by atoms with Gasteiger partial charge in [0, 0.05) is 76.8 Å². The van der Waals surface area contributed by atoms with E-state index in [2.05, 4.69) is 5.32 Å². The van der Waals surface area contributed by atoms with Gasteiger partial charge in [-0.25, -0.2) is 14.4 Å². The number of aliphatic hydroxyl groups is 3. The number of ether oxygens (including phenoxy) is 5. The van der Waals surface area contributed by atoms with Crippen LogP contribution in [0.2, 0.25) is 5.02 Å². The number of alkyl carbamates (subject to hydrolysis) is 1. The van der Waals surface area contributed by atoms with E-state index in [4.69, 9.17) is 40.1 Å². The van der Waals surface area contributed by atoms with Crippen LogP contribution in [0.25, 0.3) is 0 Å². The number of rotatable bonds is 13. The highest BCUT2D eigenvalue weighted by Gasteiger charge is 2.64. The van der Waals surface area contributed by atoms with E-state index >= 15 is 0 Å². The smallest absolute Gasteiger partial charge is 0.409 e. The molecule has 4 saturated heterocycles. The summed E-state index contributed by atoms with van der Waals surface area (Å²) in [4.78, 5) is 101. The molecule has 1 aromatic rings. The van der Waals surface area contributed by atoms with Crippen molar-refractivity contribution in [2.45, 2.75) is 158 Å². The molecule has 5 aliphatic heterocycles. The average Bonchev–Trinajstić information content (AvgIpc) is 3.87. The first-order valence-electron chi connectivity index (χ1n) is 25.1. The molecule has 74 heavy (non-hydrogen) atoms. The lowest BCUT2D eigenvalue weighted by Gasteiger charge is -2.42. The molecule has 5 amide bonds. The third-order valence-electron chi connectivity index (χ3n) is 15.5. The number of amides is 5. The van der Waals surface area contributed by atoms with Crippen molar-refractivity contribution in [3.63, 3.8) is 0 Å². The molecule has 0 spiro atoms. The standard InChI is InChI=1S/C51H70ClN5O16S/c1-27-10-9-11-37(69-8)51(67)25-35(70-49(66)53-51)28(2)45-50(4,72-45)38(24-42(61)55(6)33-21-31(20-27)22-34(68-7)44(33)52)71-47(64)29(3)54(5)39(58)18-19-74-36-23-43(62)56(46(36)63)26-30-12-14-32(15-13-30)48(65)73-57-40(59)16-17-41(57)60/h9-11,21-22,28-30,32,35-38,43,45-46,62-63,67H,12-20,23-26H2,1-8H3,(H,53,66)/b11-9+,27-10+/t28-,29+,30?,32?,35+,36?,37-,38+,43?,45+,46?,50+,51+/m1/s1. The van der Waals surface area contributed by atoms with E-state index in [0.717, 1.165) is 11.1 Å². The molecular weight excluding hydrogens is 1010 g/mol. The molecular formula is C51H70ClN5O16S. The number of benzene rings is 1. The Kier molecular flexibility index (Phi) is 18.2. The number of nitrogens with zero attached hydrogens (tertiary/aromatic N) is 4. The van der Waals surface area contributed by atoms with Crippen molar-refractivity contribution >= 4 is 70.7 Å². The third-order valence-corrected chi connectivity index (χ3v) is 17.2. The Hall–Kier alpha value is -4.81. The Morgan fingerprint density at radius 1 is 1.05 bits per heavy atom. The monoisotopic (exact) mass is 1080 g/mol. The topological polar surface area (TPSA) is 264 Å². The van der Waals surface area contributed by atoms with Gasteiger partial charge in [0.05, 0.1) is 31.2 Å². The van der Waals surface area contributed by atoms with Crippen LogP contribution in [-0.4, -0.2) is 172 Å². The zero-order chi connectivity index (χ0) is 54.0. The number of likely N-dealkylation sites (N-methyl/N-ethyl adjacent to an activating group) is 1. The lowest BCUT2D eigenvalue weighted by atomic mass is 9.82. The first-order valence-corrected chi connectivity index (χ1v) is 26.6. The summed E-state index contributed by atoms with van der Waals surface area (Å²) < 4.78 is 29.5. The number of aliphatic hydroxyl groups excluding tert-OH is 2. The van der Waals surface area contributed by atoms with Crippen LogP contribution in [0.5, 0.6) is 5.75 Å². The number of allylic oxidation sites excluding steroid dienone is 3. The Bertz CT molecular complexity index is 2370. The number of methoxy groups -OCH3 is 2. The van der Waals surface area contributed by atoms with E-state index in [1.54, 1.807) is 50.1 Å². The van der Waals surface area contributed by atoms with Gasteiger partial charge >= 0.3 is 18.0 Å². The van der Waals surface area contributed by atoms with E-state index in [1.165, 1.54) is 49.8 Å². The number of carbonyl (C=O) groups is 7. The summed E-state index contributed by atoms with van der Waals surface area (Å²) in [7, 11) is 5.90. The number of likely N-dealkylation sites (tertiary alicyclic amines) is 1. The lowest BCUT2D eigenvalue weighted by molar-refractivity contribution is -0.201. The van der Waals surface area contributed by atoms with Crippen LogP contribution in [0.15, 0.2) is 35.9 Å². The number of hydroxylamine groups is 2. The normalized spacial score (nSPS) is 34.4. The highest BCUT2D eigenvalue weighted by molar-refractivity contribution is 8.00. The van der Waals surface area contributed by atoms with Crippen molar-refractivity contribution in [2.75, 3.05) is 45.5 Å². The van der Waals surface area contributed by atoms with E-state index in [9.17, 15) is 48.9 Å². The van der Waals surface area contributed by atoms with Gasteiger partial charge in [-0.15, -0.1) is 5.06 Å². The first-order chi connectivity index (χ1) is 35.0. The molecule has 1 saturated carbocycles. The zero-order valence-corrected chi connectivity index (χ0v) is 44.7. The van der Waals surface area contributed by atoms with Crippen molar-refractivity contribution in [2.24, 2.45) is 17.8 Å². The van der Waals surface area contributed by atoms with Crippen molar-refractivity contribution in [1.82, 2.24) is 20.2 Å². The van der Waals surface area contributed by atoms with Crippen LogP contribution < -0.4 is 15.0 Å². The quantitative estimate of drug-likeness (QED) is 0.124. The van der Waals surface area contributed by atoms with Gasteiger partial charge < -0.3 is 53.6 Å². The number of epoxide rings is 1. The highest BCUT2D eigenvalue weighted by Crippen LogP contribution is 2.49. The number of carbonyl (C=O) groups excluding carboxylic acids is 7. The number of nitrogens with one attached hydrogen (secondary N) is 1. The fourth-order valence-electron chi connectivity index (χ4n) is 10.6. The molecule has 4 N–H and O–H groups in total. The van der Waals surface area contributed by atoms with E-state index in [1.807, 2.05) is 13.0 Å². The molecule has 7 rings (SSSR count). The predicted octanol–water partition coefficient (Wildman–Crippen LogP) is 3.76. The number of anilines is 1. The number of halogens is 1. The van der Waals surface area contributed by atoms with E-state index in [-0.39, 0.29) is 55.2 Å². The average molecular weight is 1080 g/mol. The van der Waals surface area contributed by atoms with Crippen LogP contribution in [0, 0.1) is 17.8 Å². The summed E-state index contributed by atoms with van der Waals surface area (Å²) in [6.07, 6.45) is 0.891. The molecule has 21 nitrogen and oxygen atoms in total. The molecule has 5 fully saturated rings. The Morgan fingerprint density at radius 2 is 1.74 bits per heavy atom. The number of hydrogen-bond acceptors (Lipinski definition) is 18. The maximum Gasteiger partial charge on any atom is 0.409 e. The van der Waals surface area contributed by atoms with Crippen LogP contribution >= 0.6 is 23.4 Å². The number of imide groups is 1. The molecule has 11 atom stereocenters. The molecule has 1 aromatic carbocycles. The fourth-order valence-corrected chi connectivity index (χ4v) is 12.2. The molecule has 0 radical (unpaired) electrons. The van der Waals surface area contributed by atoms with Crippen LogP contribution in [0.4, 0.5) is 10.5 Å². The molecule has 3 unspecified atom stereocenters. The first kappa shape index (κ1) is 56.9. The van der Waals surface area contributed by atoms with Crippen LogP contribution in [0.1, 0.15) is 97.5 Å². The number of hydrogen-bond donors (Lipinski definition) is 4. The Morgan fingerprint density at radius 3 is 2.41 bits per heavy atom. The Labute approximate surface area is 440 Å². The van der Waals surface area contributed by atoms with Crippen molar-refractivity contribution in [1.29, 1.82) is 0 Å². The van der Waals surface area contributed by atoms with Gasteiger partial charge in [0.2, 0.25) is 11.8 Å². The SMILES string of the molecule is COc1cc2cc(c1Cl)N(C)C(=O)C[C@H](OC(=O)[C@H](C)N(C)C(=O)CCSC1CC(O)N(CC3CCC(C(=O)ON4C(=O)CCC4=O)CC3)C1O)[C@]1(C)O[C@H]1[C@H](C)[C@@H]1C[C@@](O)(NC(=O)O1)[C@H](OC)/C=C/C=C(\C)C2. The molecule has 4 bridgehead atoms. The zero-order valence-electron chi connectivity index (χ0n) is 43.2. The molecule has 23 heteroatoms. The number of fused-ring (bicyclic) bond motifs is 5. The van der Waals surface area contributed by atoms with Gasteiger partial charge in [-0.2, -0.15) is 11.8 Å². The van der Waals surface area contributed by atoms with E-state index in [0.29, 0.717) is 55.1 Å². The number of thioether (sulfide) groups is 1. The molecule has 6 aliphatic rings. The molecule has 0 aromatic heterocycles. The molecule has 5 heterocycles. The minimum atomic E-state index is -1.88. The molecule has 408 valence electrons. The second-order valence-electron chi connectivity index (χ2n) is 20.6. The summed E-state index contributed by atoms with van der Waals surface area (Å²) in [5, 5.41) is 37.0. The summed E-state index contributed by atoms with van der Waals surface area (Å²) in [5.74, 6) is -3.78.